The van der Waals surface area contributed by atoms with E-state index in [1.165, 1.54) is 47.7 Å². The second-order valence-corrected chi connectivity index (χ2v) is 6.78. The summed E-state index contributed by atoms with van der Waals surface area (Å²) < 4.78 is 1.23. The summed E-state index contributed by atoms with van der Waals surface area (Å²) in [5.74, 6) is 1.30. The molecule has 2 heteroatoms. The van der Waals surface area contributed by atoms with Crippen molar-refractivity contribution >= 4 is 21.7 Å². The van der Waals surface area contributed by atoms with Gasteiger partial charge in [-0.2, -0.15) is 0 Å². The standard InChI is InChI=1S/C17H23BrO/c1-12(10-13(2)19)15-8-9-16(17(18)11-15)14-6-4-3-5-7-14/h8-9,11-12,14H,3-7,10H2,1-2H3. The lowest BCUT2D eigenvalue weighted by Gasteiger charge is -2.24. The summed E-state index contributed by atoms with van der Waals surface area (Å²) in [6.45, 7) is 3.80. The summed E-state index contributed by atoms with van der Waals surface area (Å²) in [7, 11) is 0. The first-order valence-corrected chi connectivity index (χ1v) is 8.16. The Morgan fingerprint density at radius 2 is 2.00 bits per heavy atom. The van der Waals surface area contributed by atoms with Crippen LogP contribution in [0.3, 0.4) is 0 Å². The third kappa shape index (κ3) is 3.92. The molecule has 0 heterocycles. The third-order valence-corrected chi connectivity index (χ3v) is 4.92. The zero-order valence-corrected chi connectivity index (χ0v) is 13.5. The Balaban J connectivity index is 2.14. The number of ketones is 1. The molecule has 0 bridgehead atoms. The van der Waals surface area contributed by atoms with Gasteiger partial charge in [-0.05, 0) is 48.8 Å². The second kappa shape index (κ2) is 6.69. The number of hydrogen-bond donors (Lipinski definition) is 0. The molecule has 0 aliphatic heterocycles. The van der Waals surface area contributed by atoms with E-state index in [9.17, 15) is 4.79 Å². The van der Waals surface area contributed by atoms with Crippen molar-refractivity contribution in [3.05, 3.63) is 33.8 Å². The van der Waals surface area contributed by atoms with Crippen molar-refractivity contribution in [2.45, 2.75) is 64.2 Å². The highest BCUT2D eigenvalue weighted by Gasteiger charge is 2.18. The molecule has 1 aromatic carbocycles. The molecule has 0 radical (unpaired) electrons. The first-order chi connectivity index (χ1) is 9.08. The number of rotatable bonds is 4. The molecule has 104 valence electrons. The van der Waals surface area contributed by atoms with Gasteiger partial charge in [-0.25, -0.2) is 0 Å². The lowest BCUT2D eigenvalue weighted by Crippen LogP contribution is -2.06. The van der Waals surface area contributed by atoms with Gasteiger partial charge in [-0.3, -0.25) is 0 Å². The molecular weight excluding hydrogens is 300 g/mol. The number of carbonyl (C=O) groups is 1. The molecule has 0 spiro atoms. The molecule has 1 saturated carbocycles. The molecule has 1 aromatic rings. The molecule has 19 heavy (non-hydrogen) atoms. The van der Waals surface area contributed by atoms with Gasteiger partial charge >= 0.3 is 0 Å². The van der Waals surface area contributed by atoms with Gasteiger partial charge in [0.1, 0.15) is 5.78 Å². The van der Waals surface area contributed by atoms with Crippen LogP contribution in [0.15, 0.2) is 22.7 Å². The summed E-state index contributed by atoms with van der Waals surface area (Å²) in [5, 5.41) is 0. The minimum absolute atomic E-state index is 0.264. The maximum Gasteiger partial charge on any atom is 0.130 e. The van der Waals surface area contributed by atoms with E-state index in [1.54, 1.807) is 6.92 Å². The number of Topliss-reactive ketones (excluding diaryl/α,β-unsaturated/α-hetero) is 1. The molecule has 0 saturated heterocycles. The Labute approximate surface area is 124 Å². The Bertz CT molecular complexity index is 447. The highest BCUT2D eigenvalue weighted by Crippen LogP contribution is 2.37. The molecule has 1 atom stereocenters. The zero-order valence-electron chi connectivity index (χ0n) is 11.9. The molecule has 1 aliphatic rings. The van der Waals surface area contributed by atoms with Gasteiger partial charge in [-0.15, -0.1) is 0 Å². The summed E-state index contributed by atoms with van der Waals surface area (Å²) in [5.41, 5.74) is 2.72. The largest absolute Gasteiger partial charge is 0.300 e. The van der Waals surface area contributed by atoms with Crippen LogP contribution >= 0.6 is 15.9 Å². The maximum absolute atomic E-state index is 11.2. The van der Waals surface area contributed by atoms with E-state index in [-0.39, 0.29) is 5.78 Å². The summed E-state index contributed by atoms with van der Waals surface area (Å²) in [6, 6.07) is 6.70. The monoisotopic (exact) mass is 322 g/mol. The number of halogens is 1. The molecule has 1 unspecified atom stereocenters. The molecule has 1 nitrogen and oxygen atoms in total. The first-order valence-electron chi connectivity index (χ1n) is 7.36. The fourth-order valence-electron chi connectivity index (χ4n) is 3.14. The highest BCUT2D eigenvalue weighted by atomic mass is 79.9. The molecule has 1 aliphatic carbocycles. The van der Waals surface area contributed by atoms with Gasteiger partial charge in [0.25, 0.3) is 0 Å². The molecule has 0 aromatic heterocycles. The minimum Gasteiger partial charge on any atom is -0.300 e. The highest BCUT2D eigenvalue weighted by molar-refractivity contribution is 9.10. The molecule has 2 rings (SSSR count). The van der Waals surface area contributed by atoms with E-state index in [1.807, 2.05) is 0 Å². The third-order valence-electron chi connectivity index (χ3n) is 4.23. The van der Waals surface area contributed by atoms with E-state index >= 15 is 0 Å². The number of benzene rings is 1. The Hall–Kier alpha value is -0.630. The van der Waals surface area contributed by atoms with Crippen LogP contribution in [0.2, 0.25) is 0 Å². The van der Waals surface area contributed by atoms with Crippen LogP contribution in [-0.2, 0) is 4.79 Å². The predicted octanol–water partition coefficient (Wildman–Crippen LogP) is 5.58. The van der Waals surface area contributed by atoms with Crippen molar-refractivity contribution in [3.8, 4) is 0 Å². The summed E-state index contributed by atoms with van der Waals surface area (Å²) in [6.07, 6.45) is 7.39. The van der Waals surface area contributed by atoms with Crippen molar-refractivity contribution in [1.82, 2.24) is 0 Å². The summed E-state index contributed by atoms with van der Waals surface area (Å²) >= 11 is 3.73. The van der Waals surface area contributed by atoms with E-state index in [2.05, 4.69) is 41.1 Å². The minimum atomic E-state index is 0.264. The van der Waals surface area contributed by atoms with Gasteiger partial charge in [-0.1, -0.05) is 54.2 Å². The fraction of sp³-hybridized carbons (Fsp3) is 0.588. The van der Waals surface area contributed by atoms with E-state index < -0.39 is 0 Å². The lowest BCUT2D eigenvalue weighted by molar-refractivity contribution is -0.117. The number of carbonyl (C=O) groups excluding carboxylic acids is 1. The Morgan fingerprint density at radius 3 is 2.58 bits per heavy atom. The normalized spacial score (nSPS) is 18.3. The van der Waals surface area contributed by atoms with Crippen LogP contribution < -0.4 is 0 Å². The quantitative estimate of drug-likeness (QED) is 0.707. The smallest absolute Gasteiger partial charge is 0.130 e. The van der Waals surface area contributed by atoms with Gasteiger partial charge in [0.05, 0.1) is 0 Å². The van der Waals surface area contributed by atoms with Gasteiger partial charge in [0, 0.05) is 10.9 Å². The maximum atomic E-state index is 11.2. The van der Waals surface area contributed by atoms with E-state index in [0.717, 1.165) is 5.92 Å². The van der Waals surface area contributed by atoms with Crippen molar-refractivity contribution in [3.63, 3.8) is 0 Å². The topological polar surface area (TPSA) is 17.1 Å². The molecule has 0 N–H and O–H groups in total. The van der Waals surface area contributed by atoms with Crippen LogP contribution in [0, 0.1) is 0 Å². The Morgan fingerprint density at radius 1 is 1.32 bits per heavy atom. The lowest BCUT2D eigenvalue weighted by atomic mass is 9.83. The predicted molar refractivity (Wildman–Crippen MR) is 83.7 cm³/mol. The van der Waals surface area contributed by atoms with Crippen LogP contribution in [0.1, 0.15) is 75.3 Å². The Kier molecular flexibility index (Phi) is 5.20. The van der Waals surface area contributed by atoms with Crippen molar-refractivity contribution in [1.29, 1.82) is 0 Å². The van der Waals surface area contributed by atoms with Gasteiger partial charge in [0.2, 0.25) is 0 Å². The van der Waals surface area contributed by atoms with Crippen LogP contribution in [0.4, 0.5) is 0 Å². The van der Waals surface area contributed by atoms with Crippen LogP contribution in [0.5, 0.6) is 0 Å². The van der Waals surface area contributed by atoms with E-state index in [4.69, 9.17) is 0 Å². The van der Waals surface area contributed by atoms with Crippen molar-refractivity contribution in [2.75, 3.05) is 0 Å². The molecular formula is C17H23BrO. The van der Waals surface area contributed by atoms with Crippen molar-refractivity contribution in [2.24, 2.45) is 0 Å². The average molecular weight is 323 g/mol. The fourth-order valence-corrected chi connectivity index (χ4v) is 3.86. The first kappa shape index (κ1) is 14.8. The van der Waals surface area contributed by atoms with Crippen LogP contribution in [0.25, 0.3) is 0 Å². The van der Waals surface area contributed by atoms with E-state index in [0.29, 0.717) is 12.3 Å². The zero-order chi connectivity index (χ0) is 13.8. The van der Waals surface area contributed by atoms with Crippen LogP contribution in [-0.4, -0.2) is 5.78 Å². The van der Waals surface area contributed by atoms with Gasteiger partial charge < -0.3 is 4.79 Å². The van der Waals surface area contributed by atoms with Gasteiger partial charge in [0.15, 0.2) is 0 Å². The second-order valence-electron chi connectivity index (χ2n) is 5.92. The SMILES string of the molecule is CC(=O)CC(C)c1ccc(C2CCCCC2)c(Br)c1. The average Bonchev–Trinajstić information content (AvgIpc) is 2.38. The molecule has 0 amide bonds. The number of hydrogen-bond acceptors (Lipinski definition) is 1. The molecule has 1 fully saturated rings. The summed E-state index contributed by atoms with van der Waals surface area (Å²) in [4.78, 5) is 11.2. The van der Waals surface area contributed by atoms with Crippen molar-refractivity contribution < 1.29 is 4.79 Å².